The smallest absolute Gasteiger partial charge is 0 e. The van der Waals surface area contributed by atoms with Crippen LogP contribution in [0.1, 0.15) is 51.4 Å². The van der Waals surface area contributed by atoms with Gasteiger partial charge in [0.1, 0.15) is 0 Å². The summed E-state index contributed by atoms with van der Waals surface area (Å²) in [7, 11) is 0. The number of hydrogen-bond donors (Lipinski definition) is 0. The molecule has 0 unspecified atom stereocenters. The van der Waals surface area contributed by atoms with Gasteiger partial charge >= 0.3 is 0 Å². The van der Waals surface area contributed by atoms with E-state index in [0.717, 1.165) is 0 Å². The van der Waals surface area contributed by atoms with Crippen molar-refractivity contribution in [1.29, 1.82) is 0 Å². The van der Waals surface area contributed by atoms with E-state index in [1.165, 1.54) is 51.4 Å². The quantitative estimate of drug-likeness (QED) is 0.278. The van der Waals surface area contributed by atoms with E-state index in [-0.39, 0.29) is 63.8 Å². The third-order valence-electron chi connectivity index (χ3n) is 2.67. The molecule has 0 aliphatic heterocycles. The van der Waals surface area contributed by atoms with E-state index >= 15 is 0 Å². The molecule has 4 heteroatoms. The van der Waals surface area contributed by atoms with Crippen LogP contribution >= 0.6 is 24.8 Å². The molecule has 0 aromatic heterocycles. The van der Waals surface area contributed by atoms with Crippen molar-refractivity contribution in [3.05, 3.63) is 48.6 Å². The molecule has 122 valence electrons. The predicted molar refractivity (Wildman–Crippen MR) is 88.0 cm³/mol. The fraction of sp³-hybridized carbons (Fsp3) is 0.500. The van der Waals surface area contributed by atoms with Crippen LogP contribution in [-0.2, 0) is 39.0 Å². The molecule has 0 saturated heterocycles. The average molecular weight is 495 g/mol. The molecule has 2 rings (SSSR count). The zero-order valence-corrected chi connectivity index (χ0v) is 16.7. The normalized spacial score (nSPS) is 19.2. The maximum atomic E-state index is 2.27. The molecule has 2 aliphatic rings. The first-order valence-electron chi connectivity index (χ1n) is 6.60. The summed E-state index contributed by atoms with van der Waals surface area (Å²) in [6, 6.07) is 0. The largest absolute Gasteiger partial charge is 0.147 e. The third kappa shape index (κ3) is 21.1. The molecule has 0 bridgehead atoms. The molecule has 0 heterocycles. The minimum absolute atomic E-state index is 0. The molecule has 0 nitrogen and oxygen atoms in total. The summed E-state index contributed by atoms with van der Waals surface area (Å²) in [5, 5.41) is 0. The molecule has 0 aromatic rings. The van der Waals surface area contributed by atoms with Crippen LogP contribution in [-0.4, -0.2) is 0 Å². The number of halogens is 2. The van der Waals surface area contributed by atoms with Crippen LogP contribution in [0.4, 0.5) is 0 Å². The van der Waals surface area contributed by atoms with Gasteiger partial charge in [0, 0.05) is 39.0 Å². The van der Waals surface area contributed by atoms with Crippen molar-refractivity contribution in [3.8, 4) is 0 Å². The summed E-state index contributed by atoms with van der Waals surface area (Å²) < 4.78 is 0. The second-order valence-corrected chi connectivity index (χ2v) is 4.20. The molecule has 2 aliphatic carbocycles. The number of hydrogen-bond acceptors (Lipinski definition) is 0. The maximum absolute atomic E-state index is 2.27. The third-order valence-corrected chi connectivity index (χ3v) is 2.67. The Morgan fingerprint density at radius 3 is 0.500 bits per heavy atom. The second kappa shape index (κ2) is 24.8. The van der Waals surface area contributed by atoms with Gasteiger partial charge in [-0.25, -0.2) is 0 Å². The van der Waals surface area contributed by atoms with Gasteiger partial charge in [0.15, 0.2) is 0 Å². The van der Waals surface area contributed by atoms with Crippen molar-refractivity contribution < 1.29 is 39.0 Å². The van der Waals surface area contributed by atoms with Crippen molar-refractivity contribution in [2.75, 3.05) is 0 Å². The second-order valence-electron chi connectivity index (χ2n) is 4.20. The van der Waals surface area contributed by atoms with Gasteiger partial charge in [-0.2, -0.15) is 0 Å². The first-order valence-corrected chi connectivity index (χ1v) is 6.60. The molecule has 2 radical (unpaired) electrons. The first-order chi connectivity index (χ1) is 8.00. The van der Waals surface area contributed by atoms with Gasteiger partial charge < -0.3 is 0 Å². The molecule has 0 saturated carbocycles. The Labute approximate surface area is 163 Å². The van der Waals surface area contributed by atoms with Crippen LogP contribution in [0.25, 0.3) is 0 Å². The molecule has 20 heavy (non-hydrogen) atoms. The molecule has 0 N–H and O–H groups in total. The van der Waals surface area contributed by atoms with Gasteiger partial charge in [0.25, 0.3) is 0 Å². The Kier molecular flexibility index (Phi) is 35.8. The Morgan fingerprint density at radius 2 is 0.400 bits per heavy atom. The minimum Gasteiger partial charge on any atom is -0.147 e. The Bertz CT molecular complexity index is 192. The van der Waals surface area contributed by atoms with E-state index < -0.39 is 0 Å². The van der Waals surface area contributed by atoms with Crippen molar-refractivity contribution in [1.82, 2.24) is 0 Å². The van der Waals surface area contributed by atoms with Gasteiger partial charge in [0.05, 0.1) is 0 Å². The van der Waals surface area contributed by atoms with E-state index in [4.69, 9.17) is 0 Å². The van der Waals surface area contributed by atoms with E-state index in [0.29, 0.717) is 0 Å². The Hall–Kier alpha value is 0.787. The van der Waals surface area contributed by atoms with Crippen molar-refractivity contribution >= 4 is 24.8 Å². The topological polar surface area (TPSA) is 0 Å². The molecular formula is C16H26Cl2Rh2. The van der Waals surface area contributed by atoms with Crippen molar-refractivity contribution in [3.63, 3.8) is 0 Å². The van der Waals surface area contributed by atoms with Crippen LogP contribution in [0.2, 0.25) is 0 Å². The summed E-state index contributed by atoms with van der Waals surface area (Å²) in [6.45, 7) is 0. The summed E-state index contributed by atoms with van der Waals surface area (Å²) in [5.41, 5.74) is 0. The van der Waals surface area contributed by atoms with Crippen LogP contribution < -0.4 is 0 Å². The summed E-state index contributed by atoms with van der Waals surface area (Å²) in [4.78, 5) is 0. The monoisotopic (exact) mass is 494 g/mol. The van der Waals surface area contributed by atoms with Crippen LogP contribution in [0.5, 0.6) is 0 Å². The predicted octanol–water partition coefficient (Wildman–Crippen LogP) is 6.18. The fourth-order valence-electron chi connectivity index (χ4n) is 1.71. The van der Waals surface area contributed by atoms with Crippen molar-refractivity contribution in [2.24, 2.45) is 0 Å². The Morgan fingerprint density at radius 1 is 0.300 bits per heavy atom. The van der Waals surface area contributed by atoms with E-state index in [2.05, 4.69) is 48.6 Å². The SMILES string of the molecule is C1=CCC/C=C\CC1.C1=CCC/C=C\CC1.Cl.Cl.[Rh].[Rh]. The van der Waals surface area contributed by atoms with Gasteiger partial charge in [-0.1, -0.05) is 48.6 Å². The van der Waals surface area contributed by atoms with E-state index in [9.17, 15) is 0 Å². The van der Waals surface area contributed by atoms with Gasteiger partial charge in [-0.05, 0) is 51.4 Å². The van der Waals surface area contributed by atoms with Crippen LogP contribution in [0.15, 0.2) is 48.6 Å². The zero-order chi connectivity index (χ0) is 11.3. The molecule has 0 amide bonds. The van der Waals surface area contributed by atoms with Crippen LogP contribution in [0, 0.1) is 0 Å². The summed E-state index contributed by atoms with van der Waals surface area (Å²) in [6.07, 6.45) is 28.0. The molecule has 0 spiro atoms. The Balaban J connectivity index is -0.000000107. The molecule has 0 fully saturated rings. The minimum atomic E-state index is 0. The maximum Gasteiger partial charge on any atom is 0 e. The number of rotatable bonds is 0. The molecule has 0 atom stereocenters. The average Bonchev–Trinajstić information content (AvgIpc) is 2.15. The molecular weight excluding hydrogens is 469 g/mol. The van der Waals surface area contributed by atoms with Crippen LogP contribution in [0.3, 0.4) is 0 Å². The van der Waals surface area contributed by atoms with E-state index in [1.807, 2.05) is 0 Å². The van der Waals surface area contributed by atoms with E-state index in [1.54, 1.807) is 0 Å². The zero-order valence-electron chi connectivity index (χ0n) is 11.8. The van der Waals surface area contributed by atoms with Gasteiger partial charge in [-0.15, -0.1) is 24.8 Å². The summed E-state index contributed by atoms with van der Waals surface area (Å²) in [5.74, 6) is 0. The van der Waals surface area contributed by atoms with Gasteiger partial charge in [0.2, 0.25) is 0 Å². The summed E-state index contributed by atoms with van der Waals surface area (Å²) >= 11 is 0. The van der Waals surface area contributed by atoms with Gasteiger partial charge in [-0.3, -0.25) is 0 Å². The number of allylic oxidation sites excluding steroid dienone is 8. The molecule has 0 aromatic carbocycles. The van der Waals surface area contributed by atoms with Crippen molar-refractivity contribution in [2.45, 2.75) is 51.4 Å². The standard InChI is InChI=1S/2C8H12.2ClH.2Rh/c2*1-2-4-6-8-7-5-3-1;;;;/h2*1-2,7-8H,3-6H2;2*1H;;/b2*2-1-,8-7?;;;;. The fourth-order valence-corrected chi connectivity index (χ4v) is 1.71. The first kappa shape index (κ1) is 28.9.